The van der Waals surface area contributed by atoms with E-state index in [4.69, 9.17) is 4.74 Å². The van der Waals surface area contributed by atoms with E-state index in [1.165, 1.54) is 0 Å². The lowest BCUT2D eigenvalue weighted by atomic mass is 9.88. The van der Waals surface area contributed by atoms with E-state index in [0.29, 0.717) is 5.92 Å². The number of hydrogen-bond donors (Lipinski definition) is 2. The SMILES string of the molecule is CC(C(=O)NCCC1CCOCC1)C1CNC1. The molecule has 2 aliphatic rings. The summed E-state index contributed by atoms with van der Waals surface area (Å²) in [6.07, 6.45) is 3.40. The van der Waals surface area contributed by atoms with E-state index in [1.54, 1.807) is 0 Å². The zero-order chi connectivity index (χ0) is 12.1. The van der Waals surface area contributed by atoms with Crippen molar-refractivity contribution in [2.24, 2.45) is 17.8 Å². The molecule has 0 spiro atoms. The normalized spacial score (nSPS) is 24.1. The summed E-state index contributed by atoms with van der Waals surface area (Å²) in [5.41, 5.74) is 0. The average Bonchev–Trinajstić information content (AvgIpc) is 2.28. The zero-order valence-corrected chi connectivity index (χ0v) is 10.7. The van der Waals surface area contributed by atoms with Gasteiger partial charge in [-0.1, -0.05) is 6.92 Å². The number of nitrogens with one attached hydrogen (secondary N) is 2. The van der Waals surface area contributed by atoms with Crippen LogP contribution >= 0.6 is 0 Å². The van der Waals surface area contributed by atoms with Crippen molar-refractivity contribution in [3.8, 4) is 0 Å². The molecule has 2 saturated heterocycles. The van der Waals surface area contributed by atoms with Crippen LogP contribution in [0.1, 0.15) is 26.2 Å². The molecule has 0 aliphatic carbocycles. The Hall–Kier alpha value is -0.610. The molecule has 0 radical (unpaired) electrons. The van der Waals surface area contributed by atoms with Gasteiger partial charge < -0.3 is 15.4 Å². The van der Waals surface area contributed by atoms with Crippen molar-refractivity contribution in [3.05, 3.63) is 0 Å². The fraction of sp³-hybridized carbons (Fsp3) is 0.923. The zero-order valence-electron chi connectivity index (χ0n) is 10.7. The van der Waals surface area contributed by atoms with Gasteiger partial charge in [0.15, 0.2) is 0 Å². The molecule has 2 heterocycles. The molecule has 1 amide bonds. The Morgan fingerprint density at radius 3 is 2.71 bits per heavy atom. The second kappa shape index (κ2) is 6.36. The predicted octanol–water partition coefficient (Wildman–Crippen LogP) is 0.775. The molecule has 2 N–H and O–H groups in total. The summed E-state index contributed by atoms with van der Waals surface area (Å²) in [4.78, 5) is 11.9. The summed E-state index contributed by atoms with van der Waals surface area (Å²) < 4.78 is 5.32. The molecule has 0 aromatic heterocycles. The van der Waals surface area contributed by atoms with Gasteiger partial charge in [0.05, 0.1) is 0 Å². The van der Waals surface area contributed by atoms with Gasteiger partial charge in [-0.15, -0.1) is 0 Å². The topological polar surface area (TPSA) is 50.4 Å². The van der Waals surface area contributed by atoms with Crippen LogP contribution in [0, 0.1) is 17.8 Å². The molecule has 4 heteroatoms. The van der Waals surface area contributed by atoms with Gasteiger partial charge in [-0.05, 0) is 44.2 Å². The van der Waals surface area contributed by atoms with Gasteiger partial charge in [-0.25, -0.2) is 0 Å². The van der Waals surface area contributed by atoms with Crippen LogP contribution in [0.2, 0.25) is 0 Å². The Morgan fingerprint density at radius 1 is 1.41 bits per heavy atom. The van der Waals surface area contributed by atoms with Gasteiger partial charge in [0, 0.05) is 25.7 Å². The smallest absolute Gasteiger partial charge is 0.223 e. The molecule has 0 bridgehead atoms. The number of carbonyl (C=O) groups excluding carboxylic acids is 1. The number of ether oxygens (including phenoxy) is 1. The van der Waals surface area contributed by atoms with Gasteiger partial charge in [-0.3, -0.25) is 4.79 Å². The first-order valence-electron chi connectivity index (χ1n) is 6.83. The maximum atomic E-state index is 11.9. The van der Waals surface area contributed by atoms with E-state index < -0.39 is 0 Å². The number of amides is 1. The number of carbonyl (C=O) groups is 1. The van der Waals surface area contributed by atoms with Crippen molar-refractivity contribution in [2.45, 2.75) is 26.2 Å². The summed E-state index contributed by atoms with van der Waals surface area (Å²) in [5.74, 6) is 1.66. The summed E-state index contributed by atoms with van der Waals surface area (Å²) in [7, 11) is 0. The lowest BCUT2D eigenvalue weighted by Crippen LogP contribution is -2.49. The Labute approximate surface area is 103 Å². The van der Waals surface area contributed by atoms with Gasteiger partial charge in [0.2, 0.25) is 5.91 Å². The van der Waals surface area contributed by atoms with E-state index in [-0.39, 0.29) is 11.8 Å². The van der Waals surface area contributed by atoms with Gasteiger partial charge in [0.25, 0.3) is 0 Å². The molecule has 17 heavy (non-hydrogen) atoms. The third-order valence-corrected chi connectivity index (χ3v) is 4.13. The van der Waals surface area contributed by atoms with Crippen LogP contribution in [-0.2, 0) is 9.53 Å². The molecule has 2 aliphatic heterocycles. The molecule has 0 aromatic rings. The molecular formula is C13H24N2O2. The molecule has 1 unspecified atom stereocenters. The minimum Gasteiger partial charge on any atom is -0.381 e. The Balaban J connectivity index is 1.58. The highest BCUT2D eigenvalue weighted by molar-refractivity contribution is 5.78. The lowest BCUT2D eigenvalue weighted by molar-refractivity contribution is -0.126. The van der Waals surface area contributed by atoms with E-state index in [9.17, 15) is 4.79 Å². The monoisotopic (exact) mass is 240 g/mol. The quantitative estimate of drug-likeness (QED) is 0.746. The molecule has 4 nitrogen and oxygen atoms in total. The minimum absolute atomic E-state index is 0.158. The Bertz CT molecular complexity index is 248. The maximum absolute atomic E-state index is 11.9. The van der Waals surface area contributed by atoms with Crippen molar-refractivity contribution in [1.29, 1.82) is 0 Å². The predicted molar refractivity (Wildman–Crippen MR) is 66.7 cm³/mol. The fourth-order valence-corrected chi connectivity index (χ4v) is 2.47. The van der Waals surface area contributed by atoms with E-state index in [1.807, 2.05) is 6.92 Å². The summed E-state index contributed by atoms with van der Waals surface area (Å²) >= 11 is 0. The second-order valence-corrected chi connectivity index (χ2v) is 5.34. The number of hydrogen-bond acceptors (Lipinski definition) is 3. The average molecular weight is 240 g/mol. The highest BCUT2D eigenvalue weighted by Gasteiger charge is 2.28. The summed E-state index contributed by atoms with van der Waals surface area (Å²) in [6.45, 7) is 6.64. The van der Waals surface area contributed by atoms with Crippen LogP contribution < -0.4 is 10.6 Å². The van der Waals surface area contributed by atoms with E-state index in [0.717, 1.165) is 58.0 Å². The fourth-order valence-electron chi connectivity index (χ4n) is 2.47. The highest BCUT2D eigenvalue weighted by atomic mass is 16.5. The Kier molecular flexibility index (Phi) is 4.80. The molecular weight excluding hydrogens is 216 g/mol. The first-order chi connectivity index (χ1) is 8.27. The van der Waals surface area contributed by atoms with Crippen LogP contribution in [-0.4, -0.2) is 38.8 Å². The van der Waals surface area contributed by atoms with E-state index >= 15 is 0 Å². The highest BCUT2D eigenvalue weighted by Crippen LogP contribution is 2.18. The molecule has 1 atom stereocenters. The molecule has 2 fully saturated rings. The summed E-state index contributed by atoms with van der Waals surface area (Å²) in [5, 5.41) is 6.28. The second-order valence-electron chi connectivity index (χ2n) is 5.34. The van der Waals surface area contributed by atoms with Crippen LogP contribution in [0.5, 0.6) is 0 Å². The summed E-state index contributed by atoms with van der Waals surface area (Å²) in [6, 6.07) is 0. The molecule has 0 saturated carbocycles. The van der Waals surface area contributed by atoms with Crippen LogP contribution in [0.4, 0.5) is 0 Å². The lowest BCUT2D eigenvalue weighted by Gasteiger charge is -2.32. The van der Waals surface area contributed by atoms with Gasteiger partial charge >= 0.3 is 0 Å². The van der Waals surface area contributed by atoms with Gasteiger partial charge in [0.1, 0.15) is 0 Å². The van der Waals surface area contributed by atoms with Crippen molar-refractivity contribution < 1.29 is 9.53 Å². The van der Waals surface area contributed by atoms with Crippen molar-refractivity contribution >= 4 is 5.91 Å². The van der Waals surface area contributed by atoms with Crippen LogP contribution in [0.25, 0.3) is 0 Å². The van der Waals surface area contributed by atoms with Crippen molar-refractivity contribution in [2.75, 3.05) is 32.8 Å². The largest absolute Gasteiger partial charge is 0.381 e. The maximum Gasteiger partial charge on any atom is 0.223 e. The molecule has 0 aromatic carbocycles. The van der Waals surface area contributed by atoms with E-state index in [2.05, 4.69) is 10.6 Å². The molecule has 98 valence electrons. The Morgan fingerprint density at radius 2 is 2.12 bits per heavy atom. The molecule has 2 rings (SSSR count). The first-order valence-corrected chi connectivity index (χ1v) is 6.83. The minimum atomic E-state index is 0.158. The number of rotatable bonds is 5. The first kappa shape index (κ1) is 12.8. The standard InChI is InChI=1S/C13H24N2O2/c1-10(12-8-14-9-12)13(16)15-5-2-11-3-6-17-7-4-11/h10-12,14H,2-9H2,1H3,(H,15,16). The van der Waals surface area contributed by atoms with Crippen molar-refractivity contribution in [1.82, 2.24) is 10.6 Å². The van der Waals surface area contributed by atoms with Crippen LogP contribution in [0.3, 0.4) is 0 Å². The third kappa shape index (κ3) is 3.68. The van der Waals surface area contributed by atoms with Crippen molar-refractivity contribution in [3.63, 3.8) is 0 Å². The third-order valence-electron chi connectivity index (χ3n) is 4.13. The van der Waals surface area contributed by atoms with Crippen LogP contribution in [0.15, 0.2) is 0 Å². The van der Waals surface area contributed by atoms with Gasteiger partial charge in [-0.2, -0.15) is 0 Å².